The highest BCUT2D eigenvalue weighted by molar-refractivity contribution is 5.35. The van der Waals surface area contributed by atoms with E-state index in [1.807, 2.05) is 0 Å². The molecule has 1 unspecified atom stereocenters. The van der Waals surface area contributed by atoms with Gasteiger partial charge >= 0.3 is 0 Å². The van der Waals surface area contributed by atoms with Gasteiger partial charge in [-0.25, -0.2) is 0 Å². The smallest absolute Gasteiger partial charge is 0.0594 e. The number of hydrogen-bond acceptors (Lipinski definition) is 0. The summed E-state index contributed by atoms with van der Waals surface area (Å²) in [6.45, 7) is 18.7. The van der Waals surface area contributed by atoms with Crippen molar-refractivity contribution in [3.63, 3.8) is 0 Å². The first-order chi connectivity index (χ1) is 6.13. The van der Waals surface area contributed by atoms with Crippen molar-refractivity contribution < 1.29 is 0 Å². The van der Waals surface area contributed by atoms with E-state index in [9.17, 15) is 0 Å². The predicted molar refractivity (Wildman–Crippen MR) is 64.0 cm³/mol. The van der Waals surface area contributed by atoms with Gasteiger partial charge in [-0.3, -0.25) is 0 Å². The van der Waals surface area contributed by atoms with E-state index in [0.717, 1.165) is 0 Å². The Kier molecular flexibility index (Phi) is 2.54. The lowest BCUT2D eigenvalue weighted by Crippen LogP contribution is -2.41. The Bertz CT molecular complexity index is 238. The van der Waals surface area contributed by atoms with Gasteiger partial charge in [-0.15, -0.1) is 0 Å². The summed E-state index contributed by atoms with van der Waals surface area (Å²) in [5, 5.41) is 0. The molecule has 1 atom stereocenters. The molecule has 0 spiro atoms. The van der Waals surface area contributed by atoms with Gasteiger partial charge in [0.2, 0.25) is 0 Å². The first kappa shape index (κ1) is 11.7. The van der Waals surface area contributed by atoms with Crippen LogP contribution in [0.5, 0.6) is 0 Å². The van der Waals surface area contributed by atoms with Crippen molar-refractivity contribution in [3.05, 3.63) is 17.1 Å². The molecule has 0 fully saturated rings. The highest BCUT2D eigenvalue weighted by atomic mass is 14.5. The molecule has 1 aliphatic rings. The molecule has 0 aromatic carbocycles. The van der Waals surface area contributed by atoms with Crippen LogP contribution in [-0.4, -0.2) is 0 Å². The summed E-state index contributed by atoms with van der Waals surface area (Å²) in [4.78, 5) is 0. The Hall–Kier alpha value is -0.390. The molecule has 0 aromatic rings. The molecular formula is C14H25+. The van der Waals surface area contributed by atoms with E-state index >= 15 is 0 Å². The summed E-state index contributed by atoms with van der Waals surface area (Å²) in [7, 11) is 0. The highest BCUT2D eigenvalue weighted by Crippen LogP contribution is 2.55. The topological polar surface area (TPSA) is 0 Å². The van der Waals surface area contributed by atoms with Crippen molar-refractivity contribution in [2.24, 2.45) is 16.7 Å². The van der Waals surface area contributed by atoms with Gasteiger partial charge in [0.05, 0.1) is 6.92 Å². The normalized spacial score (nSPS) is 30.9. The molecule has 0 bridgehead atoms. The molecule has 1 rings (SSSR count). The molecule has 0 heterocycles. The molecule has 0 saturated heterocycles. The molecule has 0 aromatic heterocycles. The van der Waals surface area contributed by atoms with Crippen LogP contribution in [0.15, 0.2) is 11.1 Å². The second kappa shape index (κ2) is 3.05. The van der Waals surface area contributed by atoms with Crippen molar-refractivity contribution in [2.45, 2.75) is 55.4 Å². The number of hydrogen-bond donors (Lipinski definition) is 0. The molecule has 1 aliphatic carbocycles. The molecule has 0 amide bonds. The Morgan fingerprint density at radius 3 is 1.86 bits per heavy atom. The summed E-state index contributed by atoms with van der Waals surface area (Å²) < 4.78 is 0. The summed E-state index contributed by atoms with van der Waals surface area (Å²) in [6, 6.07) is 0. The molecule has 0 radical (unpaired) electrons. The van der Waals surface area contributed by atoms with E-state index in [1.165, 1.54) is 0 Å². The van der Waals surface area contributed by atoms with E-state index in [4.69, 9.17) is 0 Å². The minimum atomic E-state index is 0.291. The third kappa shape index (κ3) is 1.31. The first-order valence-corrected chi connectivity index (χ1v) is 5.65. The molecule has 14 heavy (non-hydrogen) atoms. The van der Waals surface area contributed by atoms with Crippen LogP contribution in [0.2, 0.25) is 0 Å². The fourth-order valence-electron chi connectivity index (χ4n) is 2.66. The third-order valence-corrected chi connectivity index (χ3v) is 5.18. The quantitative estimate of drug-likeness (QED) is 0.389. The van der Waals surface area contributed by atoms with Gasteiger partial charge in [-0.1, -0.05) is 19.4 Å². The number of rotatable bonds is 0. The van der Waals surface area contributed by atoms with Gasteiger partial charge in [0, 0.05) is 5.41 Å². The van der Waals surface area contributed by atoms with Crippen LogP contribution in [0.1, 0.15) is 55.4 Å². The Morgan fingerprint density at radius 2 is 1.43 bits per heavy atom. The third-order valence-electron chi connectivity index (χ3n) is 5.18. The Balaban J connectivity index is 3.32. The lowest BCUT2D eigenvalue weighted by atomic mass is 9.54. The van der Waals surface area contributed by atoms with Gasteiger partial charge in [-0.2, -0.15) is 0 Å². The Labute approximate surface area is 89.8 Å². The van der Waals surface area contributed by atoms with Crippen LogP contribution in [0.3, 0.4) is 0 Å². The maximum atomic E-state index is 2.37. The van der Waals surface area contributed by atoms with Gasteiger partial charge in [-0.05, 0) is 40.2 Å². The lowest BCUT2D eigenvalue weighted by molar-refractivity contribution is 0.209. The van der Waals surface area contributed by atoms with Gasteiger partial charge in [0.1, 0.15) is 17.3 Å². The average molecular weight is 193 g/mol. The molecule has 80 valence electrons. The molecule has 0 N–H and O–H groups in total. The average Bonchev–Trinajstić information content (AvgIpc) is 2.11. The van der Waals surface area contributed by atoms with Crippen LogP contribution in [0.4, 0.5) is 0 Å². The summed E-state index contributed by atoms with van der Waals surface area (Å²) in [6.07, 6.45) is 0. The Morgan fingerprint density at radius 1 is 1.00 bits per heavy atom. The van der Waals surface area contributed by atoms with Crippen molar-refractivity contribution >= 4 is 0 Å². The zero-order valence-electron chi connectivity index (χ0n) is 11.1. The predicted octanol–water partition coefficient (Wildman–Crippen LogP) is 4.62. The summed E-state index contributed by atoms with van der Waals surface area (Å²) in [5.41, 5.74) is 3.78. The van der Waals surface area contributed by atoms with Gasteiger partial charge in [0.25, 0.3) is 0 Å². The minimum Gasteiger partial charge on any atom is -0.0594 e. The van der Waals surface area contributed by atoms with Crippen molar-refractivity contribution in [1.82, 2.24) is 0 Å². The highest BCUT2D eigenvalue weighted by Gasteiger charge is 2.53. The maximum absolute atomic E-state index is 2.37. The van der Waals surface area contributed by atoms with Crippen LogP contribution >= 0.6 is 0 Å². The van der Waals surface area contributed by atoms with E-state index < -0.39 is 0 Å². The lowest BCUT2D eigenvalue weighted by Gasteiger charge is -2.43. The fraction of sp³-hybridized carbons (Fsp3) is 0.786. The molecule has 0 saturated carbocycles. The minimum absolute atomic E-state index is 0.291. The second-order valence-corrected chi connectivity index (χ2v) is 6.00. The van der Waals surface area contributed by atoms with Crippen molar-refractivity contribution in [1.29, 1.82) is 0 Å². The van der Waals surface area contributed by atoms with Crippen LogP contribution < -0.4 is 0 Å². The molecule has 0 nitrogen and oxygen atoms in total. The second-order valence-electron chi connectivity index (χ2n) is 6.00. The standard InChI is InChI=1S/C14H25/c1-9-10(2)14(7,8)12(4)11(3)13(9,5)6/h9H,1-8H3/q+1. The zero-order valence-corrected chi connectivity index (χ0v) is 11.1. The molecule has 0 heteroatoms. The van der Waals surface area contributed by atoms with Crippen molar-refractivity contribution in [3.8, 4) is 0 Å². The molecule has 0 aliphatic heterocycles. The first-order valence-electron chi connectivity index (χ1n) is 5.65. The van der Waals surface area contributed by atoms with Crippen LogP contribution in [0.25, 0.3) is 0 Å². The fourth-order valence-corrected chi connectivity index (χ4v) is 2.66. The summed E-state index contributed by atoms with van der Waals surface area (Å²) in [5.74, 6) is 2.31. The summed E-state index contributed by atoms with van der Waals surface area (Å²) >= 11 is 0. The number of allylic oxidation sites excluding steroid dienone is 2. The monoisotopic (exact) mass is 193 g/mol. The van der Waals surface area contributed by atoms with Gasteiger partial charge in [0.15, 0.2) is 0 Å². The van der Waals surface area contributed by atoms with Crippen molar-refractivity contribution in [2.75, 3.05) is 0 Å². The van der Waals surface area contributed by atoms with E-state index in [2.05, 4.69) is 55.4 Å². The maximum Gasteiger partial charge on any atom is 0.126 e. The molecular weight excluding hydrogens is 168 g/mol. The van der Waals surface area contributed by atoms with Crippen LogP contribution in [-0.2, 0) is 0 Å². The van der Waals surface area contributed by atoms with Gasteiger partial charge < -0.3 is 0 Å². The van der Waals surface area contributed by atoms with E-state index in [-0.39, 0.29) is 0 Å². The van der Waals surface area contributed by atoms with E-state index in [1.54, 1.807) is 17.1 Å². The largest absolute Gasteiger partial charge is 0.126 e. The zero-order chi connectivity index (χ0) is 11.3. The van der Waals surface area contributed by atoms with E-state index in [0.29, 0.717) is 16.7 Å². The SMILES string of the molecule is CC1=C(C)C(C)(C)C(C)[C+](C)C1(C)C. The van der Waals surface area contributed by atoms with Crippen LogP contribution in [0, 0.1) is 22.7 Å².